The number of amides is 1. The summed E-state index contributed by atoms with van der Waals surface area (Å²) >= 11 is 0. The van der Waals surface area contributed by atoms with Crippen molar-refractivity contribution in [1.29, 1.82) is 0 Å². The number of nitrogens with one attached hydrogen (secondary N) is 1. The second-order valence-electron chi connectivity index (χ2n) is 6.87. The summed E-state index contributed by atoms with van der Waals surface area (Å²) in [5.74, 6) is 1.30. The van der Waals surface area contributed by atoms with Crippen LogP contribution < -0.4 is 14.9 Å². The molecule has 154 valence electrons. The average Bonchev–Trinajstić information content (AvgIpc) is 3.02. The number of oxime groups is 1. The normalized spacial score (nSPS) is 14.8. The maximum Gasteiger partial charge on any atom is 0.264 e. The van der Waals surface area contributed by atoms with Gasteiger partial charge in [0.25, 0.3) is 5.91 Å². The first-order valence-electron chi connectivity index (χ1n) is 9.14. The Bertz CT molecular complexity index is 883. The maximum absolute atomic E-state index is 12.5. The molecule has 1 aliphatic heterocycles. The van der Waals surface area contributed by atoms with Crippen molar-refractivity contribution in [2.45, 2.75) is 26.2 Å². The van der Waals surface area contributed by atoms with Crippen LogP contribution in [0, 0.1) is 0 Å². The highest BCUT2D eigenvalue weighted by atomic mass is 16.7. The molecule has 0 radical (unpaired) electrons. The molecule has 0 bridgehead atoms. The number of methoxy groups -OCH3 is 2. The minimum Gasteiger partial charge on any atom is -0.497 e. The fourth-order valence-corrected chi connectivity index (χ4v) is 2.82. The first-order chi connectivity index (χ1) is 13.9. The lowest BCUT2D eigenvalue weighted by atomic mass is 10.1. The van der Waals surface area contributed by atoms with Gasteiger partial charge in [-0.1, -0.05) is 35.5 Å². The number of hydrogen-bond donors (Lipinski definition) is 1. The average molecular weight is 399 g/mol. The Labute approximate surface area is 170 Å². The standard InChI is InChI=1S/C21H25N3O5/c1-21(2)24(22-19(25)14-28-13-15-8-6-5-7-9-15)20(23-29-21)17-11-10-16(26-3)12-18(17)27-4/h5-12H,13-14H2,1-4H3,(H,22,25). The topological polar surface area (TPSA) is 81.6 Å². The summed E-state index contributed by atoms with van der Waals surface area (Å²) in [6, 6.07) is 15.0. The molecule has 0 saturated carbocycles. The van der Waals surface area contributed by atoms with Gasteiger partial charge in [-0.15, -0.1) is 0 Å². The molecule has 2 aromatic carbocycles. The van der Waals surface area contributed by atoms with Crippen LogP contribution >= 0.6 is 0 Å². The molecule has 3 rings (SSSR count). The Kier molecular flexibility index (Phi) is 6.23. The number of ether oxygens (including phenoxy) is 3. The molecule has 0 saturated heterocycles. The lowest BCUT2D eigenvalue weighted by Gasteiger charge is -2.31. The van der Waals surface area contributed by atoms with Crippen LogP contribution in [0.5, 0.6) is 11.5 Å². The molecular formula is C21H25N3O5. The summed E-state index contributed by atoms with van der Waals surface area (Å²) in [4.78, 5) is 18.0. The summed E-state index contributed by atoms with van der Waals surface area (Å²) in [6.45, 7) is 3.84. The van der Waals surface area contributed by atoms with E-state index in [0.29, 0.717) is 29.5 Å². The van der Waals surface area contributed by atoms with Gasteiger partial charge in [-0.3, -0.25) is 10.2 Å². The Morgan fingerprint density at radius 3 is 2.59 bits per heavy atom. The van der Waals surface area contributed by atoms with Crippen molar-refractivity contribution >= 4 is 11.7 Å². The van der Waals surface area contributed by atoms with E-state index in [1.54, 1.807) is 51.3 Å². The fourth-order valence-electron chi connectivity index (χ4n) is 2.82. The molecule has 1 heterocycles. The number of carbonyl (C=O) groups is 1. The van der Waals surface area contributed by atoms with Crippen LogP contribution in [0.3, 0.4) is 0 Å². The number of benzene rings is 2. The van der Waals surface area contributed by atoms with Crippen LogP contribution in [0.1, 0.15) is 25.0 Å². The van der Waals surface area contributed by atoms with E-state index < -0.39 is 5.72 Å². The first kappa shape index (κ1) is 20.5. The predicted molar refractivity (Wildman–Crippen MR) is 107 cm³/mol. The summed E-state index contributed by atoms with van der Waals surface area (Å²) in [5, 5.41) is 5.71. The molecule has 0 atom stereocenters. The SMILES string of the molecule is COc1ccc(C2=NOC(C)(C)N2NC(=O)COCc2ccccc2)c(OC)c1. The highest BCUT2D eigenvalue weighted by molar-refractivity contribution is 6.02. The van der Waals surface area contributed by atoms with Gasteiger partial charge in [-0.05, 0) is 31.5 Å². The van der Waals surface area contributed by atoms with Crippen LogP contribution in [0.4, 0.5) is 0 Å². The van der Waals surface area contributed by atoms with Gasteiger partial charge in [0.05, 0.1) is 26.4 Å². The van der Waals surface area contributed by atoms with Gasteiger partial charge in [0.15, 0.2) is 0 Å². The molecule has 0 unspecified atom stereocenters. The second kappa shape index (κ2) is 8.83. The van der Waals surface area contributed by atoms with Crippen molar-refractivity contribution in [3.8, 4) is 11.5 Å². The summed E-state index contributed by atoms with van der Waals surface area (Å²) in [5.41, 5.74) is 3.58. The third kappa shape index (κ3) is 4.78. The first-order valence-corrected chi connectivity index (χ1v) is 9.14. The number of rotatable bonds is 8. The Morgan fingerprint density at radius 1 is 1.14 bits per heavy atom. The van der Waals surface area contributed by atoms with E-state index in [4.69, 9.17) is 19.0 Å². The monoisotopic (exact) mass is 399 g/mol. The zero-order valence-corrected chi connectivity index (χ0v) is 17.0. The van der Waals surface area contributed by atoms with Crippen LogP contribution in [0.15, 0.2) is 53.7 Å². The van der Waals surface area contributed by atoms with Crippen molar-refractivity contribution in [3.63, 3.8) is 0 Å². The Balaban J connectivity index is 1.69. The molecule has 0 aromatic heterocycles. The summed E-state index contributed by atoms with van der Waals surface area (Å²) < 4.78 is 16.2. The van der Waals surface area contributed by atoms with Crippen molar-refractivity contribution in [3.05, 3.63) is 59.7 Å². The van der Waals surface area contributed by atoms with Crippen molar-refractivity contribution in [2.24, 2.45) is 5.16 Å². The third-order valence-electron chi connectivity index (χ3n) is 4.34. The molecule has 8 nitrogen and oxygen atoms in total. The van der Waals surface area contributed by atoms with Gasteiger partial charge in [0.2, 0.25) is 11.6 Å². The third-order valence-corrected chi connectivity index (χ3v) is 4.34. The molecular weight excluding hydrogens is 374 g/mol. The van der Waals surface area contributed by atoms with E-state index >= 15 is 0 Å². The molecule has 0 fully saturated rings. The predicted octanol–water partition coefficient (Wildman–Crippen LogP) is 2.68. The van der Waals surface area contributed by atoms with Crippen LogP contribution in [0.2, 0.25) is 0 Å². The van der Waals surface area contributed by atoms with E-state index in [9.17, 15) is 4.79 Å². The molecule has 1 aliphatic rings. The van der Waals surface area contributed by atoms with Crippen LogP contribution in [0.25, 0.3) is 0 Å². The molecule has 8 heteroatoms. The molecule has 0 aliphatic carbocycles. The van der Waals surface area contributed by atoms with Gasteiger partial charge in [-0.2, -0.15) is 0 Å². The van der Waals surface area contributed by atoms with Crippen LogP contribution in [-0.2, 0) is 21.0 Å². The molecule has 29 heavy (non-hydrogen) atoms. The molecule has 0 spiro atoms. The molecule has 1 N–H and O–H groups in total. The van der Waals surface area contributed by atoms with E-state index in [0.717, 1.165) is 5.56 Å². The zero-order chi connectivity index (χ0) is 20.9. The summed E-state index contributed by atoms with van der Waals surface area (Å²) in [6.07, 6.45) is 0. The second-order valence-corrected chi connectivity index (χ2v) is 6.87. The Morgan fingerprint density at radius 2 is 1.90 bits per heavy atom. The van der Waals surface area contributed by atoms with Crippen molar-refractivity contribution in [1.82, 2.24) is 10.4 Å². The highest BCUT2D eigenvalue weighted by Crippen LogP contribution is 2.31. The van der Waals surface area contributed by atoms with E-state index in [2.05, 4.69) is 10.6 Å². The van der Waals surface area contributed by atoms with E-state index in [-0.39, 0.29) is 12.5 Å². The number of hydrazine groups is 1. The number of hydrogen-bond acceptors (Lipinski definition) is 7. The van der Waals surface area contributed by atoms with Gasteiger partial charge in [-0.25, -0.2) is 5.01 Å². The molecule has 1 amide bonds. The maximum atomic E-state index is 12.5. The number of carbonyl (C=O) groups excluding carboxylic acids is 1. The van der Waals surface area contributed by atoms with E-state index in [1.165, 1.54) is 0 Å². The molecule has 2 aromatic rings. The van der Waals surface area contributed by atoms with Gasteiger partial charge in [0.1, 0.15) is 18.1 Å². The van der Waals surface area contributed by atoms with E-state index in [1.807, 2.05) is 30.3 Å². The largest absolute Gasteiger partial charge is 0.497 e. The van der Waals surface area contributed by atoms with Gasteiger partial charge >= 0.3 is 0 Å². The minimum absolute atomic E-state index is 0.103. The smallest absolute Gasteiger partial charge is 0.264 e. The fraction of sp³-hybridized carbons (Fsp3) is 0.333. The minimum atomic E-state index is -0.880. The van der Waals surface area contributed by atoms with Crippen molar-refractivity contribution in [2.75, 3.05) is 20.8 Å². The zero-order valence-electron chi connectivity index (χ0n) is 17.0. The number of amidine groups is 1. The quantitative estimate of drug-likeness (QED) is 0.735. The van der Waals surface area contributed by atoms with Crippen LogP contribution in [-0.4, -0.2) is 43.3 Å². The highest BCUT2D eigenvalue weighted by Gasteiger charge is 2.40. The Hall–Kier alpha value is -3.26. The number of nitrogens with zero attached hydrogens (tertiary/aromatic N) is 2. The lowest BCUT2D eigenvalue weighted by Crippen LogP contribution is -2.55. The summed E-state index contributed by atoms with van der Waals surface area (Å²) in [7, 11) is 3.13. The van der Waals surface area contributed by atoms with Crippen molar-refractivity contribution < 1.29 is 23.8 Å². The van der Waals surface area contributed by atoms with Gasteiger partial charge in [0, 0.05) is 6.07 Å². The lowest BCUT2D eigenvalue weighted by molar-refractivity contribution is -0.139. The van der Waals surface area contributed by atoms with Gasteiger partial charge < -0.3 is 19.0 Å².